The molecule has 1 heterocycles. The third-order valence-corrected chi connectivity index (χ3v) is 3.45. The molecule has 0 amide bonds. The lowest BCUT2D eigenvalue weighted by atomic mass is 10.1. The van der Waals surface area contributed by atoms with Gasteiger partial charge in [0.2, 0.25) is 0 Å². The third kappa shape index (κ3) is 2.83. The van der Waals surface area contributed by atoms with Crippen LogP contribution in [0, 0.1) is 24.2 Å². The Morgan fingerprint density at radius 3 is 2.79 bits per heavy atom. The van der Waals surface area contributed by atoms with E-state index in [0.717, 1.165) is 6.54 Å². The van der Waals surface area contributed by atoms with E-state index in [4.69, 9.17) is 5.26 Å². The highest BCUT2D eigenvalue weighted by atomic mass is 32.1. The highest BCUT2D eigenvalue weighted by Gasteiger charge is 2.10. The van der Waals surface area contributed by atoms with E-state index in [1.807, 2.05) is 6.92 Å². The molecule has 0 fully saturated rings. The van der Waals surface area contributed by atoms with Crippen LogP contribution in [0.3, 0.4) is 0 Å². The van der Waals surface area contributed by atoms with Crippen molar-refractivity contribution in [2.45, 2.75) is 26.8 Å². The first-order valence-electron chi connectivity index (χ1n) is 4.82. The SMILES string of the molecule is Cc1ccsc1C(C)NCC(C)C#N. The van der Waals surface area contributed by atoms with Crippen molar-refractivity contribution in [1.82, 2.24) is 5.32 Å². The van der Waals surface area contributed by atoms with Crippen molar-refractivity contribution >= 4 is 11.3 Å². The molecular weight excluding hydrogens is 192 g/mol. The minimum Gasteiger partial charge on any atom is -0.308 e. The summed E-state index contributed by atoms with van der Waals surface area (Å²) in [6.07, 6.45) is 0. The van der Waals surface area contributed by atoms with Crippen LogP contribution in [0.5, 0.6) is 0 Å². The Labute approximate surface area is 89.6 Å². The number of hydrogen-bond acceptors (Lipinski definition) is 3. The second-order valence-electron chi connectivity index (χ2n) is 3.63. The van der Waals surface area contributed by atoms with Crippen LogP contribution in [-0.4, -0.2) is 6.54 Å². The van der Waals surface area contributed by atoms with E-state index in [-0.39, 0.29) is 5.92 Å². The topological polar surface area (TPSA) is 35.8 Å². The molecule has 0 radical (unpaired) electrons. The van der Waals surface area contributed by atoms with E-state index in [9.17, 15) is 0 Å². The summed E-state index contributed by atoms with van der Waals surface area (Å²) in [4.78, 5) is 1.37. The van der Waals surface area contributed by atoms with E-state index in [2.05, 4.69) is 36.7 Å². The Balaban J connectivity index is 2.48. The first-order chi connectivity index (χ1) is 6.65. The maximum absolute atomic E-state index is 8.65. The van der Waals surface area contributed by atoms with Crippen LogP contribution in [0.4, 0.5) is 0 Å². The maximum atomic E-state index is 8.65. The lowest BCUT2D eigenvalue weighted by Crippen LogP contribution is -2.23. The lowest BCUT2D eigenvalue weighted by Gasteiger charge is -2.14. The normalized spacial score (nSPS) is 14.7. The first-order valence-corrected chi connectivity index (χ1v) is 5.70. The molecule has 0 aliphatic heterocycles. The van der Waals surface area contributed by atoms with E-state index in [1.54, 1.807) is 11.3 Å². The van der Waals surface area contributed by atoms with Gasteiger partial charge < -0.3 is 5.32 Å². The highest BCUT2D eigenvalue weighted by Crippen LogP contribution is 2.23. The molecular formula is C11H16N2S. The molecule has 1 aromatic rings. The molecule has 0 spiro atoms. The summed E-state index contributed by atoms with van der Waals surface area (Å²) in [5.74, 6) is 0.0812. The smallest absolute Gasteiger partial charge is 0.0666 e. The average Bonchev–Trinajstić information content (AvgIpc) is 2.60. The monoisotopic (exact) mass is 208 g/mol. The molecule has 14 heavy (non-hydrogen) atoms. The summed E-state index contributed by atoms with van der Waals surface area (Å²) in [6, 6.07) is 4.70. The molecule has 0 aliphatic rings. The van der Waals surface area contributed by atoms with Crippen molar-refractivity contribution in [2.24, 2.45) is 5.92 Å². The van der Waals surface area contributed by atoms with E-state index in [1.165, 1.54) is 10.4 Å². The second-order valence-corrected chi connectivity index (χ2v) is 4.58. The lowest BCUT2D eigenvalue weighted by molar-refractivity contribution is 0.532. The van der Waals surface area contributed by atoms with Crippen molar-refractivity contribution in [2.75, 3.05) is 6.54 Å². The zero-order valence-corrected chi connectivity index (χ0v) is 9.69. The molecule has 2 nitrogen and oxygen atoms in total. The quantitative estimate of drug-likeness (QED) is 0.826. The van der Waals surface area contributed by atoms with Gasteiger partial charge in [-0.15, -0.1) is 11.3 Å². The van der Waals surface area contributed by atoms with Crippen LogP contribution >= 0.6 is 11.3 Å². The summed E-state index contributed by atoms with van der Waals surface area (Å²) in [7, 11) is 0. The van der Waals surface area contributed by atoms with Gasteiger partial charge in [-0.25, -0.2) is 0 Å². The molecule has 0 saturated carbocycles. The Kier molecular flexibility index (Phi) is 4.12. The highest BCUT2D eigenvalue weighted by molar-refractivity contribution is 7.10. The molecule has 3 heteroatoms. The van der Waals surface area contributed by atoms with Gasteiger partial charge in [-0.05, 0) is 37.8 Å². The molecule has 0 saturated heterocycles. The second kappa shape index (κ2) is 5.14. The summed E-state index contributed by atoms with van der Waals surface area (Å²) in [5, 5.41) is 14.1. The summed E-state index contributed by atoms with van der Waals surface area (Å²) >= 11 is 1.77. The van der Waals surface area contributed by atoms with Gasteiger partial charge in [0.1, 0.15) is 0 Å². The Morgan fingerprint density at radius 2 is 2.29 bits per heavy atom. The van der Waals surface area contributed by atoms with E-state index < -0.39 is 0 Å². The largest absolute Gasteiger partial charge is 0.308 e. The van der Waals surface area contributed by atoms with Crippen molar-refractivity contribution in [3.05, 3.63) is 21.9 Å². The zero-order valence-electron chi connectivity index (χ0n) is 8.87. The maximum Gasteiger partial charge on any atom is 0.0666 e. The molecule has 0 aliphatic carbocycles. The molecule has 0 aromatic carbocycles. The molecule has 2 unspecified atom stereocenters. The van der Waals surface area contributed by atoms with Gasteiger partial charge in [-0.3, -0.25) is 0 Å². The third-order valence-electron chi connectivity index (χ3n) is 2.25. The van der Waals surface area contributed by atoms with Crippen LogP contribution in [0.15, 0.2) is 11.4 Å². The fourth-order valence-corrected chi connectivity index (χ4v) is 2.28. The Morgan fingerprint density at radius 1 is 1.57 bits per heavy atom. The molecule has 0 bridgehead atoms. The Hall–Kier alpha value is -0.850. The minimum atomic E-state index is 0.0812. The predicted octanol–water partition coefficient (Wildman–Crippen LogP) is 2.87. The first kappa shape index (κ1) is 11.2. The number of hydrogen-bond donors (Lipinski definition) is 1. The summed E-state index contributed by atoms with van der Waals surface area (Å²) in [5.41, 5.74) is 1.33. The van der Waals surface area contributed by atoms with Crippen LogP contribution < -0.4 is 5.32 Å². The van der Waals surface area contributed by atoms with Gasteiger partial charge in [-0.1, -0.05) is 0 Å². The van der Waals surface area contributed by atoms with Gasteiger partial charge in [0.05, 0.1) is 12.0 Å². The zero-order chi connectivity index (χ0) is 10.6. The van der Waals surface area contributed by atoms with Crippen molar-refractivity contribution < 1.29 is 0 Å². The number of thiophene rings is 1. The standard InChI is InChI=1S/C11H16N2S/c1-8(6-12)7-13-10(3)11-9(2)4-5-14-11/h4-5,8,10,13H,7H2,1-3H3. The molecule has 76 valence electrons. The molecule has 2 atom stereocenters. The summed E-state index contributed by atoms with van der Waals surface area (Å²) < 4.78 is 0. The van der Waals surface area contributed by atoms with Crippen LogP contribution in [0.2, 0.25) is 0 Å². The molecule has 1 rings (SSSR count). The van der Waals surface area contributed by atoms with Crippen molar-refractivity contribution in [3.63, 3.8) is 0 Å². The fourth-order valence-electron chi connectivity index (χ4n) is 1.32. The van der Waals surface area contributed by atoms with E-state index >= 15 is 0 Å². The van der Waals surface area contributed by atoms with Crippen LogP contribution in [0.25, 0.3) is 0 Å². The number of nitrogens with one attached hydrogen (secondary N) is 1. The fraction of sp³-hybridized carbons (Fsp3) is 0.545. The van der Waals surface area contributed by atoms with Gasteiger partial charge >= 0.3 is 0 Å². The van der Waals surface area contributed by atoms with Gasteiger partial charge in [0, 0.05) is 17.5 Å². The number of aryl methyl sites for hydroxylation is 1. The Bertz CT molecular complexity index is 324. The average molecular weight is 208 g/mol. The number of rotatable bonds is 4. The molecule has 1 aromatic heterocycles. The van der Waals surface area contributed by atoms with Crippen LogP contribution in [-0.2, 0) is 0 Å². The van der Waals surface area contributed by atoms with Crippen LogP contribution in [0.1, 0.15) is 30.3 Å². The van der Waals surface area contributed by atoms with Gasteiger partial charge in [-0.2, -0.15) is 5.26 Å². The van der Waals surface area contributed by atoms with Crippen molar-refractivity contribution in [3.8, 4) is 6.07 Å². The molecule has 1 N–H and O–H groups in total. The van der Waals surface area contributed by atoms with E-state index in [0.29, 0.717) is 6.04 Å². The number of nitriles is 1. The number of nitrogens with zero attached hydrogens (tertiary/aromatic N) is 1. The minimum absolute atomic E-state index is 0.0812. The summed E-state index contributed by atoms with van der Waals surface area (Å²) in [6.45, 7) is 6.96. The predicted molar refractivity (Wildman–Crippen MR) is 60.3 cm³/mol. The van der Waals surface area contributed by atoms with Crippen molar-refractivity contribution in [1.29, 1.82) is 5.26 Å². The van der Waals surface area contributed by atoms with Gasteiger partial charge in [0.15, 0.2) is 0 Å². The van der Waals surface area contributed by atoms with Gasteiger partial charge in [0.25, 0.3) is 0 Å².